The van der Waals surface area contributed by atoms with Crippen LogP contribution in [0.25, 0.3) is 0 Å². The minimum Gasteiger partial charge on any atom is -0.307 e. The molecule has 106 valence electrons. The quantitative estimate of drug-likeness (QED) is 0.885. The Morgan fingerprint density at radius 3 is 3.00 bits per heavy atom. The van der Waals surface area contributed by atoms with E-state index in [0.717, 1.165) is 43.7 Å². The van der Waals surface area contributed by atoms with Crippen molar-refractivity contribution in [1.82, 2.24) is 15.1 Å². The summed E-state index contributed by atoms with van der Waals surface area (Å²) in [5.74, 6) is 0.319. The molecular formula is C15H25N3O. The summed E-state index contributed by atoms with van der Waals surface area (Å²) in [5.41, 5.74) is 2.15. The first-order valence-corrected chi connectivity index (χ1v) is 7.56. The number of aryl methyl sites for hydroxylation is 2. The first kappa shape index (κ1) is 14.3. The van der Waals surface area contributed by atoms with Gasteiger partial charge in [-0.25, -0.2) is 0 Å². The molecule has 1 aromatic rings. The Bertz CT molecular complexity index is 417. The lowest BCUT2D eigenvalue weighted by Gasteiger charge is -2.14. The van der Waals surface area contributed by atoms with E-state index >= 15 is 0 Å². The molecule has 2 heterocycles. The predicted molar refractivity (Wildman–Crippen MR) is 76.2 cm³/mol. The van der Waals surface area contributed by atoms with Crippen LogP contribution in [-0.2, 0) is 24.2 Å². The molecule has 0 aromatic carbocycles. The fraction of sp³-hybridized carbons (Fsp3) is 0.733. The second-order valence-corrected chi connectivity index (χ2v) is 5.30. The van der Waals surface area contributed by atoms with Gasteiger partial charge in [0.05, 0.1) is 18.2 Å². The number of carbonyl (C=O) groups is 1. The molecule has 0 aliphatic carbocycles. The van der Waals surface area contributed by atoms with Gasteiger partial charge in [-0.1, -0.05) is 19.8 Å². The Hall–Kier alpha value is -1.16. The van der Waals surface area contributed by atoms with Gasteiger partial charge in [0.15, 0.2) is 5.78 Å². The van der Waals surface area contributed by atoms with Crippen LogP contribution in [-0.4, -0.2) is 28.2 Å². The van der Waals surface area contributed by atoms with Crippen molar-refractivity contribution in [1.29, 1.82) is 0 Å². The highest BCUT2D eigenvalue weighted by atomic mass is 16.1. The van der Waals surface area contributed by atoms with Crippen molar-refractivity contribution in [2.75, 3.05) is 6.54 Å². The van der Waals surface area contributed by atoms with Crippen molar-refractivity contribution in [2.45, 2.75) is 65.0 Å². The van der Waals surface area contributed by atoms with Gasteiger partial charge in [-0.05, 0) is 38.8 Å². The third kappa shape index (κ3) is 3.66. The van der Waals surface area contributed by atoms with Gasteiger partial charge < -0.3 is 5.32 Å². The molecule has 0 spiro atoms. The highest BCUT2D eigenvalue weighted by molar-refractivity contribution is 5.85. The molecular weight excluding hydrogens is 238 g/mol. The summed E-state index contributed by atoms with van der Waals surface area (Å²) < 4.78 is 1.97. The van der Waals surface area contributed by atoms with Gasteiger partial charge in [0.2, 0.25) is 0 Å². The lowest BCUT2D eigenvalue weighted by molar-refractivity contribution is -0.120. The molecule has 0 bridgehead atoms. The van der Waals surface area contributed by atoms with Crippen molar-refractivity contribution >= 4 is 5.78 Å². The maximum Gasteiger partial charge on any atom is 0.155 e. The minimum atomic E-state index is 0.0489. The third-order valence-corrected chi connectivity index (χ3v) is 3.88. The van der Waals surface area contributed by atoms with Crippen LogP contribution in [0.15, 0.2) is 6.07 Å². The molecule has 1 aliphatic heterocycles. The van der Waals surface area contributed by atoms with Gasteiger partial charge in [-0.15, -0.1) is 0 Å². The average Bonchev–Trinajstić information content (AvgIpc) is 2.64. The van der Waals surface area contributed by atoms with E-state index in [2.05, 4.69) is 30.3 Å². The van der Waals surface area contributed by atoms with Gasteiger partial charge in [0.1, 0.15) is 0 Å². The average molecular weight is 263 g/mol. The molecule has 2 rings (SSSR count). The normalized spacial score (nSPS) is 20.2. The van der Waals surface area contributed by atoms with E-state index in [4.69, 9.17) is 0 Å². The van der Waals surface area contributed by atoms with Crippen molar-refractivity contribution < 1.29 is 4.79 Å². The van der Waals surface area contributed by atoms with Gasteiger partial charge >= 0.3 is 0 Å². The first-order valence-electron chi connectivity index (χ1n) is 7.56. The Labute approximate surface area is 115 Å². The zero-order valence-corrected chi connectivity index (χ0v) is 12.1. The molecule has 1 atom stereocenters. The predicted octanol–water partition coefficient (Wildman–Crippen LogP) is 2.11. The van der Waals surface area contributed by atoms with E-state index in [9.17, 15) is 4.79 Å². The van der Waals surface area contributed by atoms with E-state index in [0.29, 0.717) is 12.2 Å². The molecule has 1 aliphatic rings. The smallest absolute Gasteiger partial charge is 0.155 e. The fourth-order valence-corrected chi connectivity index (χ4v) is 2.71. The van der Waals surface area contributed by atoms with Crippen LogP contribution in [0.2, 0.25) is 0 Å². The highest BCUT2D eigenvalue weighted by Crippen LogP contribution is 2.13. The Balaban J connectivity index is 2.02. The molecule has 4 nitrogen and oxygen atoms in total. The van der Waals surface area contributed by atoms with Crippen molar-refractivity contribution in [3.8, 4) is 0 Å². The molecule has 0 amide bonds. The van der Waals surface area contributed by atoms with Gasteiger partial charge in [-0.2, -0.15) is 5.10 Å². The van der Waals surface area contributed by atoms with Crippen LogP contribution in [0.5, 0.6) is 0 Å². The molecule has 1 N–H and O–H groups in total. The summed E-state index contributed by atoms with van der Waals surface area (Å²) >= 11 is 0. The number of carbonyl (C=O) groups excluding carboxylic acids is 1. The second kappa shape index (κ2) is 6.85. The Kier molecular flexibility index (Phi) is 5.14. The topological polar surface area (TPSA) is 46.9 Å². The Morgan fingerprint density at radius 2 is 2.26 bits per heavy atom. The van der Waals surface area contributed by atoms with Crippen LogP contribution in [0.3, 0.4) is 0 Å². The molecule has 19 heavy (non-hydrogen) atoms. The lowest BCUT2D eigenvalue weighted by Crippen LogP contribution is -2.37. The Morgan fingerprint density at radius 1 is 1.42 bits per heavy atom. The molecule has 1 saturated heterocycles. The number of Topliss-reactive ketones (excluding diaryl/α,β-unsaturated/α-hetero) is 1. The number of nitrogens with zero attached hydrogens (tertiary/aromatic N) is 2. The molecule has 1 unspecified atom stereocenters. The van der Waals surface area contributed by atoms with E-state index in [1.54, 1.807) is 0 Å². The van der Waals surface area contributed by atoms with Gasteiger partial charge in [0.25, 0.3) is 0 Å². The lowest BCUT2D eigenvalue weighted by atomic mass is 10.0. The van der Waals surface area contributed by atoms with Crippen molar-refractivity contribution in [3.63, 3.8) is 0 Å². The van der Waals surface area contributed by atoms with E-state index < -0.39 is 0 Å². The summed E-state index contributed by atoms with van der Waals surface area (Å²) in [6, 6.07) is 2.13. The number of nitrogens with one attached hydrogen (secondary N) is 1. The van der Waals surface area contributed by atoms with E-state index in [-0.39, 0.29) is 6.04 Å². The number of hydrogen-bond donors (Lipinski definition) is 1. The standard InChI is InChI=1S/C15H25N3O/c1-3-12-10-13(18(4-2)17-12)11-15(19)14-8-6-5-7-9-16-14/h10,14,16H,3-9,11H2,1-2H3. The summed E-state index contributed by atoms with van der Waals surface area (Å²) in [4.78, 5) is 12.4. The van der Waals surface area contributed by atoms with Gasteiger partial charge in [-0.3, -0.25) is 9.48 Å². The van der Waals surface area contributed by atoms with Crippen molar-refractivity contribution in [2.24, 2.45) is 0 Å². The molecule has 0 radical (unpaired) electrons. The summed E-state index contributed by atoms with van der Waals surface area (Å²) in [5, 5.41) is 7.89. The second-order valence-electron chi connectivity index (χ2n) is 5.30. The fourth-order valence-electron chi connectivity index (χ4n) is 2.71. The summed E-state index contributed by atoms with van der Waals surface area (Å²) in [6.07, 6.45) is 6.02. The maximum atomic E-state index is 12.4. The monoisotopic (exact) mass is 263 g/mol. The van der Waals surface area contributed by atoms with Crippen LogP contribution in [0.4, 0.5) is 0 Å². The van der Waals surface area contributed by atoms with Gasteiger partial charge in [0, 0.05) is 12.2 Å². The molecule has 0 saturated carbocycles. The summed E-state index contributed by atoms with van der Waals surface area (Å²) in [6.45, 7) is 5.98. The maximum absolute atomic E-state index is 12.4. The molecule has 1 fully saturated rings. The van der Waals surface area contributed by atoms with Crippen LogP contribution in [0.1, 0.15) is 50.9 Å². The zero-order valence-electron chi connectivity index (χ0n) is 12.1. The molecule has 1 aromatic heterocycles. The minimum absolute atomic E-state index is 0.0489. The number of rotatable bonds is 5. The number of hydrogen-bond acceptors (Lipinski definition) is 3. The van der Waals surface area contributed by atoms with Crippen LogP contribution in [0, 0.1) is 0 Å². The number of ketones is 1. The first-order chi connectivity index (χ1) is 9.24. The SMILES string of the molecule is CCc1cc(CC(=O)C2CCCCCN2)n(CC)n1. The zero-order chi connectivity index (χ0) is 13.7. The summed E-state index contributed by atoms with van der Waals surface area (Å²) in [7, 11) is 0. The third-order valence-electron chi connectivity index (χ3n) is 3.88. The van der Waals surface area contributed by atoms with Crippen LogP contribution >= 0.6 is 0 Å². The largest absolute Gasteiger partial charge is 0.307 e. The number of aromatic nitrogens is 2. The van der Waals surface area contributed by atoms with E-state index in [1.165, 1.54) is 12.8 Å². The van der Waals surface area contributed by atoms with Crippen molar-refractivity contribution in [3.05, 3.63) is 17.5 Å². The van der Waals surface area contributed by atoms with E-state index in [1.807, 2.05) is 4.68 Å². The highest BCUT2D eigenvalue weighted by Gasteiger charge is 2.21. The molecule has 4 heteroatoms. The van der Waals surface area contributed by atoms with Crippen LogP contribution < -0.4 is 5.32 Å².